The fourth-order valence-corrected chi connectivity index (χ4v) is 10.2. The Morgan fingerprint density at radius 3 is 1.35 bits per heavy atom. The van der Waals surface area contributed by atoms with E-state index in [0.717, 1.165) is 64.2 Å². The normalized spacial score (nSPS) is 37.6. The molecule has 6 aliphatic carbocycles. The molecule has 244 valence electrons. The summed E-state index contributed by atoms with van der Waals surface area (Å²) < 4.78 is 11.3. The minimum absolute atomic E-state index is 0.0510. The molecule has 0 heterocycles. The molecule has 8 rings (SSSR count). The van der Waals surface area contributed by atoms with Crippen LogP contribution in [0.4, 0.5) is 11.4 Å². The zero-order valence-corrected chi connectivity index (χ0v) is 25.4. The number of ether oxygens (including phenoxy) is 2. The van der Waals surface area contributed by atoms with Crippen LogP contribution in [0.3, 0.4) is 0 Å². The van der Waals surface area contributed by atoms with Crippen LogP contribution in [0.2, 0.25) is 0 Å². The van der Waals surface area contributed by atoms with Crippen molar-refractivity contribution in [1.29, 1.82) is 0 Å². The minimum atomic E-state index is -0.660. The number of carbonyl (C=O) groups is 2. The highest BCUT2D eigenvalue weighted by atomic mass is 16.6. The summed E-state index contributed by atoms with van der Waals surface area (Å²) >= 11 is 0. The van der Waals surface area contributed by atoms with Crippen LogP contribution in [0.25, 0.3) is 0 Å². The second-order valence-electron chi connectivity index (χ2n) is 14.2. The third-order valence-corrected chi connectivity index (χ3v) is 12.0. The number of carbonyl (C=O) groups excluding carboxylic acids is 2. The number of non-ortho nitro benzene ring substituents is 2. The van der Waals surface area contributed by atoms with E-state index in [1.807, 2.05) is 0 Å². The zero-order valence-electron chi connectivity index (χ0n) is 25.4. The topological polar surface area (TPSA) is 179 Å². The molecule has 46 heavy (non-hydrogen) atoms. The Bertz CT molecular complexity index is 1430. The molecule has 10 atom stereocenters. The number of benzene rings is 2. The van der Waals surface area contributed by atoms with Gasteiger partial charge in [-0.15, -0.1) is 0 Å². The van der Waals surface area contributed by atoms with Crippen molar-refractivity contribution in [1.82, 2.24) is 0 Å². The molecule has 2 N–H and O–H groups in total. The highest BCUT2D eigenvalue weighted by molar-refractivity contribution is 5.90. The lowest BCUT2D eigenvalue weighted by Crippen LogP contribution is -2.41. The van der Waals surface area contributed by atoms with E-state index in [2.05, 4.69) is 0 Å². The summed E-state index contributed by atoms with van der Waals surface area (Å²) in [6, 6.07) is 10.9. The Morgan fingerprint density at radius 2 is 1.00 bits per heavy atom. The van der Waals surface area contributed by atoms with E-state index in [1.54, 1.807) is 0 Å². The van der Waals surface area contributed by atoms with Gasteiger partial charge in [-0.3, -0.25) is 20.2 Å². The monoisotopic (exact) mass is 634 g/mol. The number of rotatable bonds is 6. The maximum atomic E-state index is 12.3. The van der Waals surface area contributed by atoms with Gasteiger partial charge in [-0.25, -0.2) is 9.59 Å². The molecule has 6 fully saturated rings. The van der Waals surface area contributed by atoms with Gasteiger partial charge in [0.2, 0.25) is 0 Å². The first-order chi connectivity index (χ1) is 22.0. The van der Waals surface area contributed by atoms with Crippen molar-refractivity contribution in [2.24, 2.45) is 35.5 Å². The third kappa shape index (κ3) is 5.25. The van der Waals surface area contributed by atoms with Crippen LogP contribution >= 0.6 is 0 Å². The van der Waals surface area contributed by atoms with Gasteiger partial charge in [0.1, 0.15) is 12.2 Å². The van der Waals surface area contributed by atoms with Gasteiger partial charge in [-0.05, 0) is 112 Å². The Morgan fingerprint density at radius 1 is 0.630 bits per heavy atom. The van der Waals surface area contributed by atoms with Gasteiger partial charge >= 0.3 is 11.9 Å². The number of nitro benzene ring substituents is 2. The van der Waals surface area contributed by atoms with Crippen molar-refractivity contribution in [3.63, 3.8) is 0 Å². The van der Waals surface area contributed by atoms with Crippen LogP contribution in [0.1, 0.15) is 84.9 Å². The van der Waals surface area contributed by atoms with Crippen molar-refractivity contribution in [2.75, 3.05) is 0 Å². The average molecular weight is 635 g/mol. The SMILES string of the molecule is O=C(O[C@H]1CC[C@H]2[C@@H]3CC[C@@](O)(C3)[C@H]21)c1ccc([N+](=O)[O-])cc1.O=C(O[C@H]1CC[C@H]2[C@@H]3CC[C@@](O)(C3)[C@H]21)c1ccc([N+](=O)[O-])cc1. The summed E-state index contributed by atoms with van der Waals surface area (Å²) in [5.41, 5.74) is -0.795. The Balaban J connectivity index is 0.000000147. The number of aliphatic hydroxyl groups is 2. The van der Waals surface area contributed by atoms with Crippen molar-refractivity contribution in [3.8, 4) is 0 Å². The maximum Gasteiger partial charge on any atom is 0.338 e. The molecular formula is C34H38N2O10. The van der Waals surface area contributed by atoms with Crippen LogP contribution in [0, 0.1) is 55.7 Å². The second-order valence-corrected chi connectivity index (χ2v) is 14.2. The number of hydrogen-bond acceptors (Lipinski definition) is 10. The molecule has 6 saturated carbocycles. The predicted octanol–water partition coefficient (Wildman–Crippen LogP) is 5.38. The Hall–Kier alpha value is -3.90. The molecule has 4 bridgehead atoms. The largest absolute Gasteiger partial charge is 0.458 e. The number of fused-ring (bicyclic) bond motifs is 10. The van der Waals surface area contributed by atoms with E-state index in [4.69, 9.17) is 9.47 Å². The van der Waals surface area contributed by atoms with Crippen LogP contribution in [-0.2, 0) is 9.47 Å². The fourth-order valence-electron chi connectivity index (χ4n) is 10.2. The van der Waals surface area contributed by atoms with Crippen LogP contribution in [0.5, 0.6) is 0 Å². The predicted molar refractivity (Wildman–Crippen MR) is 162 cm³/mol. The number of nitrogens with zero attached hydrogens (tertiary/aromatic N) is 2. The summed E-state index contributed by atoms with van der Waals surface area (Å²) in [5, 5.41) is 42.9. The average Bonchev–Trinajstić information content (AvgIpc) is 3.88. The molecule has 6 aliphatic rings. The summed E-state index contributed by atoms with van der Waals surface area (Å²) in [4.78, 5) is 44.9. The first kappa shape index (κ1) is 30.7. The van der Waals surface area contributed by atoms with Gasteiger partial charge in [0.25, 0.3) is 11.4 Å². The molecule has 0 radical (unpaired) electrons. The molecule has 0 spiro atoms. The summed E-state index contributed by atoms with van der Waals surface area (Å²) in [7, 11) is 0. The molecule has 2 aromatic rings. The first-order valence-electron chi connectivity index (χ1n) is 16.3. The summed E-state index contributed by atoms with van der Waals surface area (Å²) in [5.74, 6) is 1.30. The van der Waals surface area contributed by atoms with Crippen LogP contribution in [-0.4, -0.2) is 55.4 Å². The lowest BCUT2D eigenvalue weighted by molar-refractivity contribution is -0.385. The fraction of sp³-hybridized carbons (Fsp3) is 0.588. The zero-order chi connectivity index (χ0) is 32.4. The molecule has 0 aliphatic heterocycles. The van der Waals surface area contributed by atoms with E-state index < -0.39 is 33.0 Å². The minimum Gasteiger partial charge on any atom is -0.458 e. The maximum absolute atomic E-state index is 12.3. The molecule has 0 aromatic heterocycles. The van der Waals surface area contributed by atoms with Crippen molar-refractivity contribution >= 4 is 23.3 Å². The van der Waals surface area contributed by atoms with Gasteiger partial charge in [-0.1, -0.05) is 0 Å². The molecule has 12 nitrogen and oxygen atoms in total. The van der Waals surface area contributed by atoms with Crippen molar-refractivity contribution in [3.05, 3.63) is 79.9 Å². The highest BCUT2D eigenvalue weighted by Gasteiger charge is 2.63. The van der Waals surface area contributed by atoms with E-state index in [1.165, 1.54) is 48.5 Å². The van der Waals surface area contributed by atoms with Crippen molar-refractivity contribution in [2.45, 2.75) is 87.6 Å². The van der Waals surface area contributed by atoms with Crippen molar-refractivity contribution < 1.29 is 39.1 Å². The molecule has 0 amide bonds. The summed E-state index contributed by atoms with van der Waals surface area (Å²) in [6.45, 7) is 0. The lowest BCUT2D eigenvalue weighted by atomic mass is 9.78. The van der Waals surface area contributed by atoms with Gasteiger partial charge in [-0.2, -0.15) is 0 Å². The second kappa shape index (κ2) is 11.4. The Kier molecular flexibility index (Phi) is 7.63. The van der Waals surface area contributed by atoms with Gasteiger partial charge in [0, 0.05) is 36.1 Å². The smallest absolute Gasteiger partial charge is 0.338 e. The third-order valence-electron chi connectivity index (χ3n) is 12.0. The first-order valence-corrected chi connectivity index (χ1v) is 16.3. The molecular weight excluding hydrogens is 596 g/mol. The number of hydrogen-bond donors (Lipinski definition) is 2. The van der Waals surface area contributed by atoms with Crippen LogP contribution in [0.15, 0.2) is 48.5 Å². The number of nitro groups is 2. The molecule has 0 unspecified atom stereocenters. The molecule has 12 heteroatoms. The van der Waals surface area contributed by atoms with Gasteiger partial charge < -0.3 is 19.7 Å². The highest BCUT2D eigenvalue weighted by Crippen LogP contribution is 2.62. The quantitative estimate of drug-likeness (QED) is 0.238. The van der Waals surface area contributed by atoms with E-state index in [0.29, 0.717) is 34.8 Å². The lowest BCUT2D eigenvalue weighted by Gasteiger charge is -2.34. The van der Waals surface area contributed by atoms with E-state index in [-0.39, 0.29) is 35.4 Å². The van der Waals surface area contributed by atoms with Gasteiger partial charge in [0.15, 0.2) is 0 Å². The van der Waals surface area contributed by atoms with Crippen LogP contribution < -0.4 is 0 Å². The van der Waals surface area contributed by atoms with Gasteiger partial charge in [0.05, 0.1) is 32.2 Å². The Labute approximate surface area is 265 Å². The number of esters is 2. The standard InChI is InChI=1S/2C17H19NO5/c2*19-16(10-1-3-12(4-2-10)18(21)22)23-14-6-5-13-11-7-8-17(20,9-11)15(13)14/h2*1-4,11,13-15,20H,5-9H2/t2*11-,13+,14+,15-,17-/m11/s1. The summed E-state index contributed by atoms with van der Waals surface area (Å²) in [6.07, 6.45) is 8.61. The van der Waals surface area contributed by atoms with E-state index >= 15 is 0 Å². The molecule has 0 saturated heterocycles. The molecule has 2 aromatic carbocycles. The van der Waals surface area contributed by atoms with E-state index in [9.17, 15) is 40.0 Å².